The smallest absolute Gasteiger partial charge is 0.128 e. The van der Waals surface area contributed by atoms with E-state index in [9.17, 15) is 4.39 Å². The van der Waals surface area contributed by atoms with Gasteiger partial charge in [-0.25, -0.2) is 4.39 Å². The van der Waals surface area contributed by atoms with Gasteiger partial charge in [0.15, 0.2) is 0 Å². The van der Waals surface area contributed by atoms with Crippen molar-refractivity contribution < 1.29 is 4.39 Å². The molecule has 0 spiro atoms. The van der Waals surface area contributed by atoms with Crippen LogP contribution in [0.3, 0.4) is 0 Å². The molecule has 0 saturated heterocycles. The van der Waals surface area contributed by atoms with Crippen molar-refractivity contribution in [3.05, 3.63) is 41.5 Å². The third-order valence-electron chi connectivity index (χ3n) is 2.97. The van der Waals surface area contributed by atoms with Crippen molar-refractivity contribution in [2.75, 3.05) is 7.05 Å². The fraction of sp³-hybridized carbons (Fsp3) is 0.357. The quantitative estimate of drug-likeness (QED) is 0.899. The highest BCUT2D eigenvalue weighted by Crippen LogP contribution is 2.25. The fourth-order valence-corrected chi connectivity index (χ4v) is 2.09. The predicted molar refractivity (Wildman–Crippen MR) is 70.7 cm³/mol. The summed E-state index contributed by atoms with van der Waals surface area (Å²) in [6, 6.07) is 5.36. The van der Waals surface area contributed by atoms with E-state index in [2.05, 4.69) is 17.3 Å². The van der Waals surface area contributed by atoms with Crippen LogP contribution in [0.15, 0.2) is 24.4 Å². The molecule has 0 radical (unpaired) electrons. The minimum absolute atomic E-state index is 0.173. The van der Waals surface area contributed by atoms with Crippen molar-refractivity contribution in [2.24, 2.45) is 7.05 Å². The predicted octanol–water partition coefficient (Wildman–Crippen LogP) is 2.51. The summed E-state index contributed by atoms with van der Waals surface area (Å²) in [6.07, 6.45) is 2.78. The Hall–Kier alpha value is -1.68. The minimum atomic E-state index is -0.173. The lowest BCUT2D eigenvalue weighted by Crippen LogP contribution is -2.06. The van der Waals surface area contributed by atoms with Crippen LogP contribution >= 0.6 is 0 Å². The summed E-state index contributed by atoms with van der Waals surface area (Å²) >= 11 is 0. The molecule has 4 heteroatoms. The second-order valence-electron chi connectivity index (χ2n) is 4.35. The number of hydrogen-bond acceptors (Lipinski definition) is 2. The summed E-state index contributed by atoms with van der Waals surface area (Å²) in [5.41, 5.74) is 3.58. The minimum Gasteiger partial charge on any atom is -0.316 e. The highest BCUT2D eigenvalue weighted by atomic mass is 19.1. The third kappa shape index (κ3) is 2.43. The summed E-state index contributed by atoms with van der Waals surface area (Å²) < 4.78 is 15.7. The number of hydrogen-bond donors (Lipinski definition) is 1. The van der Waals surface area contributed by atoms with Crippen molar-refractivity contribution in [3.63, 3.8) is 0 Å². The van der Waals surface area contributed by atoms with Gasteiger partial charge in [0.2, 0.25) is 0 Å². The Morgan fingerprint density at radius 2 is 2.17 bits per heavy atom. The lowest BCUT2D eigenvalue weighted by atomic mass is 10.0. The van der Waals surface area contributed by atoms with Gasteiger partial charge in [0.05, 0.1) is 5.69 Å². The Morgan fingerprint density at radius 3 is 2.78 bits per heavy atom. The van der Waals surface area contributed by atoms with Crippen molar-refractivity contribution in [2.45, 2.75) is 19.9 Å². The van der Waals surface area contributed by atoms with E-state index < -0.39 is 0 Å². The summed E-state index contributed by atoms with van der Waals surface area (Å²) in [6.45, 7) is 2.59. The van der Waals surface area contributed by atoms with Crippen molar-refractivity contribution >= 4 is 0 Å². The molecule has 1 aromatic carbocycles. The molecule has 0 aliphatic heterocycles. The van der Waals surface area contributed by atoms with E-state index in [4.69, 9.17) is 0 Å². The maximum Gasteiger partial charge on any atom is 0.128 e. The van der Waals surface area contributed by atoms with Crippen molar-refractivity contribution in [1.82, 2.24) is 15.1 Å². The zero-order chi connectivity index (χ0) is 13.1. The summed E-state index contributed by atoms with van der Waals surface area (Å²) in [7, 11) is 3.69. The maximum absolute atomic E-state index is 13.9. The molecule has 0 atom stereocenters. The van der Waals surface area contributed by atoms with Gasteiger partial charge in [0, 0.05) is 30.9 Å². The molecule has 3 nitrogen and oxygen atoms in total. The van der Waals surface area contributed by atoms with Crippen LogP contribution in [-0.2, 0) is 20.0 Å². The monoisotopic (exact) mass is 247 g/mol. The molecule has 1 aromatic heterocycles. The molecule has 2 rings (SSSR count). The molecule has 0 fully saturated rings. The average molecular weight is 247 g/mol. The first kappa shape index (κ1) is 12.8. The number of nitrogens with zero attached hydrogens (tertiary/aromatic N) is 2. The van der Waals surface area contributed by atoms with Crippen LogP contribution < -0.4 is 5.32 Å². The van der Waals surface area contributed by atoms with Crippen LogP contribution in [0.2, 0.25) is 0 Å². The van der Waals surface area contributed by atoms with E-state index in [0.717, 1.165) is 23.2 Å². The van der Waals surface area contributed by atoms with Crippen LogP contribution in [0.25, 0.3) is 11.1 Å². The Balaban J connectivity index is 2.41. The van der Waals surface area contributed by atoms with Crippen LogP contribution in [0.5, 0.6) is 0 Å². The molecule has 0 unspecified atom stereocenters. The van der Waals surface area contributed by atoms with Crippen LogP contribution in [0, 0.1) is 5.82 Å². The van der Waals surface area contributed by atoms with E-state index in [1.165, 1.54) is 0 Å². The van der Waals surface area contributed by atoms with Crippen LogP contribution in [0.1, 0.15) is 18.2 Å². The van der Waals surface area contributed by atoms with Crippen LogP contribution in [-0.4, -0.2) is 16.8 Å². The molecule has 1 N–H and O–H groups in total. The van der Waals surface area contributed by atoms with Crippen molar-refractivity contribution in [3.8, 4) is 11.1 Å². The molecule has 0 aliphatic rings. The average Bonchev–Trinajstić information content (AvgIpc) is 2.73. The molecule has 96 valence electrons. The van der Waals surface area contributed by atoms with Gasteiger partial charge in [-0.2, -0.15) is 5.10 Å². The van der Waals surface area contributed by atoms with Gasteiger partial charge in [0.25, 0.3) is 0 Å². The van der Waals surface area contributed by atoms with Gasteiger partial charge < -0.3 is 5.32 Å². The maximum atomic E-state index is 13.9. The molecule has 0 bridgehead atoms. The van der Waals surface area contributed by atoms with E-state index >= 15 is 0 Å². The number of rotatable bonds is 4. The molecule has 0 saturated carbocycles. The Morgan fingerprint density at radius 1 is 1.39 bits per heavy atom. The molecule has 18 heavy (non-hydrogen) atoms. The van der Waals surface area contributed by atoms with Gasteiger partial charge in [-0.1, -0.05) is 19.1 Å². The van der Waals surface area contributed by atoms with E-state index in [-0.39, 0.29) is 5.82 Å². The summed E-state index contributed by atoms with van der Waals surface area (Å²) in [5, 5.41) is 7.33. The largest absolute Gasteiger partial charge is 0.316 e. The summed E-state index contributed by atoms with van der Waals surface area (Å²) in [4.78, 5) is 0. The van der Waals surface area contributed by atoms with Gasteiger partial charge in [0.1, 0.15) is 5.82 Å². The number of aromatic nitrogens is 2. The normalized spacial score (nSPS) is 10.9. The third-order valence-corrected chi connectivity index (χ3v) is 2.97. The SMILES string of the molecule is CCc1nn(C)cc1-c1ccc(CNC)c(F)c1. The molecule has 1 heterocycles. The lowest BCUT2D eigenvalue weighted by molar-refractivity contribution is 0.601. The highest BCUT2D eigenvalue weighted by Gasteiger charge is 2.10. The van der Waals surface area contributed by atoms with E-state index in [1.807, 2.05) is 32.4 Å². The topological polar surface area (TPSA) is 29.9 Å². The van der Waals surface area contributed by atoms with Gasteiger partial charge in [-0.15, -0.1) is 0 Å². The standard InChI is InChI=1S/C14H18FN3/c1-4-14-12(9-18(3)17-14)10-5-6-11(8-16-2)13(15)7-10/h5-7,9,16H,4,8H2,1-3H3. The first-order valence-electron chi connectivity index (χ1n) is 6.11. The number of aryl methyl sites for hydroxylation is 2. The molecular weight excluding hydrogens is 229 g/mol. The number of halogens is 1. The Bertz CT molecular complexity index is 546. The summed E-state index contributed by atoms with van der Waals surface area (Å²) in [5.74, 6) is -0.173. The van der Waals surface area contributed by atoms with Crippen LogP contribution in [0.4, 0.5) is 4.39 Å². The first-order chi connectivity index (χ1) is 8.65. The van der Waals surface area contributed by atoms with Gasteiger partial charge >= 0.3 is 0 Å². The zero-order valence-electron chi connectivity index (χ0n) is 11.0. The zero-order valence-corrected chi connectivity index (χ0v) is 11.0. The van der Waals surface area contributed by atoms with Gasteiger partial charge in [-0.05, 0) is 25.1 Å². The van der Waals surface area contributed by atoms with Crippen molar-refractivity contribution in [1.29, 1.82) is 0 Å². The second-order valence-corrected chi connectivity index (χ2v) is 4.35. The van der Waals surface area contributed by atoms with E-state index in [0.29, 0.717) is 12.1 Å². The van der Waals surface area contributed by atoms with Gasteiger partial charge in [-0.3, -0.25) is 4.68 Å². The molecule has 0 aliphatic carbocycles. The lowest BCUT2D eigenvalue weighted by Gasteiger charge is -2.05. The first-order valence-corrected chi connectivity index (χ1v) is 6.11. The number of benzene rings is 1. The highest BCUT2D eigenvalue weighted by molar-refractivity contribution is 5.65. The Labute approximate surface area is 107 Å². The molecular formula is C14H18FN3. The van der Waals surface area contributed by atoms with E-state index in [1.54, 1.807) is 10.7 Å². The fourth-order valence-electron chi connectivity index (χ4n) is 2.09. The molecule has 0 amide bonds. The molecule has 2 aromatic rings. The second kappa shape index (κ2) is 5.31. The number of nitrogens with one attached hydrogen (secondary N) is 1. The Kier molecular flexibility index (Phi) is 3.77.